The van der Waals surface area contributed by atoms with Crippen LogP contribution in [0.5, 0.6) is 5.88 Å². The number of pyridine rings is 1. The highest BCUT2D eigenvalue weighted by Gasteiger charge is 2.05. The van der Waals surface area contributed by atoms with Crippen molar-refractivity contribution < 1.29 is 9.13 Å². The van der Waals surface area contributed by atoms with E-state index in [-0.39, 0.29) is 11.9 Å². The molecule has 0 aliphatic rings. The number of rotatable bonds is 6. The van der Waals surface area contributed by atoms with Crippen molar-refractivity contribution in [2.45, 2.75) is 26.4 Å². The number of hydrogen-bond acceptors (Lipinski definition) is 3. The summed E-state index contributed by atoms with van der Waals surface area (Å²) in [5.41, 5.74) is 2.17. The van der Waals surface area contributed by atoms with E-state index in [1.54, 1.807) is 18.3 Å². The van der Waals surface area contributed by atoms with E-state index in [0.29, 0.717) is 19.0 Å². The van der Waals surface area contributed by atoms with Gasteiger partial charge in [0.2, 0.25) is 5.88 Å². The van der Waals surface area contributed by atoms with E-state index in [9.17, 15) is 4.39 Å². The van der Waals surface area contributed by atoms with E-state index in [0.717, 1.165) is 11.1 Å². The molecule has 4 heteroatoms. The number of ether oxygens (including phenoxy) is 1. The summed E-state index contributed by atoms with van der Waals surface area (Å²) < 4.78 is 18.2. The number of nitrogens with one attached hydrogen (secondary N) is 1. The minimum absolute atomic E-state index is 0.152. The second-order valence-electron chi connectivity index (χ2n) is 4.59. The van der Waals surface area contributed by atoms with Gasteiger partial charge in [0.05, 0.1) is 6.61 Å². The molecule has 106 valence electrons. The first-order valence-corrected chi connectivity index (χ1v) is 6.75. The molecular formula is C16H19FN2O. The van der Waals surface area contributed by atoms with Crippen LogP contribution < -0.4 is 10.1 Å². The molecule has 0 saturated carbocycles. The van der Waals surface area contributed by atoms with Crippen LogP contribution in [0.2, 0.25) is 0 Å². The summed E-state index contributed by atoms with van der Waals surface area (Å²) >= 11 is 0. The van der Waals surface area contributed by atoms with Gasteiger partial charge >= 0.3 is 0 Å². The van der Waals surface area contributed by atoms with Crippen molar-refractivity contribution >= 4 is 0 Å². The summed E-state index contributed by atoms with van der Waals surface area (Å²) in [7, 11) is 0. The lowest BCUT2D eigenvalue weighted by Gasteiger charge is -2.14. The Morgan fingerprint density at radius 1 is 1.25 bits per heavy atom. The van der Waals surface area contributed by atoms with Gasteiger partial charge in [0.25, 0.3) is 0 Å². The van der Waals surface area contributed by atoms with Crippen LogP contribution in [0.3, 0.4) is 0 Å². The maximum Gasteiger partial charge on any atom is 0.213 e. The van der Waals surface area contributed by atoms with Crippen molar-refractivity contribution in [1.82, 2.24) is 10.3 Å². The molecular weight excluding hydrogens is 255 g/mol. The molecule has 0 bridgehead atoms. The molecule has 0 saturated heterocycles. The minimum Gasteiger partial charge on any atom is -0.478 e. The Balaban J connectivity index is 1.94. The van der Waals surface area contributed by atoms with Crippen molar-refractivity contribution in [3.63, 3.8) is 0 Å². The van der Waals surface area contributed by atoms with Crippen molar-refractivity contribution in [2.24, 2.45) is 0 Å². The number of benzene rings is 1. The van der Waals surface area contributed by atoms with E-state index < -0.39 is 0 Å². The Hall–Kier alpha value is -1.94. The number of halogens is 1. The predicted molar refractivity (Wildman–Crippen MR) is 77.1 cm³/mol. The molecule has 0 fully saturated rings. The Morgan fingerprint density at radius 2 is 2.00 bits per heavy atom. The Bertz CT molecular complexity index is 542. The first-order chi connectivity index (χ1) is 9.69. The van der Waals surface area contributed by atoms with Gasteiger partial charge < -0.3 is 10.1 Å². The molecule has 20 heavy (non-hydrogen) atoms. The van der Waals surface area contributed by atoms with Gasteiger partial charge in [-0.1, -0.05) is 12.1 Å². The van der Waals surface area contributed by atoms with Gasteiger partial charge in [-0.15, -0.1) is 0 Å². The molecule has 1 heterocycles. The van der Waals surface area contributed by atoms with Gasteiger partial charge in [-0.25, -0.2) is 9.37 Å². The van der Waals surface area contributed by atoms with Crippen molar-refractivity contribution in [1.29, 1.82) is 0 Å². The average Bonchev–Trinajstić information content (AvgIpc) is 2.46. The zero-order chi connectivity index (χ0) is 14.4. The fourth-order valence-electron chi connectivity index (χ4n) is 1.93. The van der Waals surface area contributed by atoms with Crippen LogP contribution in [0.25, 0.3) is 0 Å². The van der Waals surface area contributed by atoms with Crippen molar-refractivity contribution in [3.05, 3.63) is 59.5 Å². The van der Waals surface area contributed by atoms with Crippen LogP contribution >= 0.6 is 0 Å². The first kappa shape index (κ1) is 14.5. The largest absolute Gasteiger partial charge is 0.478 e. The van der Waals surface area contributed by atoms with E-state index in [4.69, 9.17) is 4.74 Å². The number of aromatic nitrogens is 1. The van der Waals surface area contributed by atoms with Crippen LogP contribution in [-0.2, 0) is 6.54 Å². The maximum atomic E-state index is 12.9. The van der Waals surface area contributed by atoms with Gasteiger partial charge in [0.15, 0.2) is 0 Å². The lowest BCUT2D eigenvalue weighted by atomic mass is 10.1. The molecule has 1 aromatic heterocycles. The van der Waals surface area contributed by atoms with E-state index in [2.05, 4.69) is 17.2 Å². The zero-order valence-electron chi connectivity index (χ0n) is 11.8. The number of nitrogens with zero attached hydrogens (tertiary/aromatic N) is 1. The second-order valence-corrected chi connectivity index (χ2v) is 4.59. The molecule has 0 aliphatic heterocycles. The highest BCUT2D eigenvalue weighted by atomic mass is 19.1. The van der Waals surface area contributed by atoms with E-state index in [1.807, 2.05) is 19.1 Å². The normalized spacial score (nSPS) is 12.2. The molecule has 0 radical (unpaired) electrons. The Kier molecular flexibility index (Phi) is 5.07. The minimum atomic E-state index is -0.212. The summed E-state index contributed by atoms with van der Waals surface area (Å²) in [6.45, 7) is 5.30. The molecule has 0 amide bonds. The highest BCUT2D eigenvalue weighted by molar-refractivity contribution is 5.22. The first-order valence-electron chi connectivity index (χ1n) is 6.75. The predicted octanol–water partition coefficient (Wildman–Crippen LogP) is 3.47. The Morgan fingerprint density at radius 3 is 2.70 bits per heavy atom. The topological polar surface area (TPSA) is 34.1 Å². The van der Waals surface area contributed by atoms with Gasteiger partial charge in [-0.05, 0) is 43.2 Å². The molecule has 2 aromatic rings. The van der Waals surface area contributed by atoms with Crippen molar-refractivity contribution in [2.75, 3.05) is 6.61 Å². The lowest BCUT2D eigenvalue weighted by Crippen LogP contribution is -2.18. The fraction of sp³-hybridized carbons (Fsp3) is 0.312. The quantitative estimate of drug-likeness (QED) is 0.875. The summed E-state index contributed by atoms with van der Waals surface area (Å²) in [4.78, 5) is 4.13. The van der Waals surface area contributed by atoms with E-state index >= 15 is 0 Å². The third-order valence-electron chi connectivity index (χ3n) is 3.07. The summed E-state index contributed by atoms with van der Waals surface area (Å²) in [6, 6.07) is 10.6. The fourth-order valence-corrected chi connectivity index (χ4v) is 1.93. The zero-order valence-corrected chi connectivity index (χ0v) is 11.8. The van der Waals surface area contributed by atoms with Crippen molar-refractivity contribution in [3.8, 4) is 5.88 Å². The third-order valence-corrected chi connectivity index (χ3v) is 3.07. The van der Waals surface area contributed by atoms with Crippen LogP contribution in [0.1, 0.15) is 31.0 Å². The average molecular weight is 274 g/mol. The van der Waals surface area contributed by atoms with Gasteiger partial charge in [-0.3, -0.25) is 0 Å². The lowest BCUT2D eigenvalue weighted by molar-refractivity contribution is 0.326. The van der Waals surface area contributed by atoms with E-state index in [1.165, 1.54) is 12.1 Å². The van der Waals surface area contributed by atoms with Crippen LogP contribution in [-0.4, -0.2) is 11.6 Å². The molecule has 0 aliphatic carbocycles. The third kappa shape index (κ3) is 4.03. The van der Waals surface area contributed by atoms with Gasteiger partial charge in [0, 0.05) is 24.8 Å². The summed E-state index contributed by atoms with van der Waals surface area (Å²) in [5, 5.41) is 3.40. The highest BCUT2D eigenvalue weighted by Crippen LogP contribution is 2.15. The molecule has 1 atom stereocenters. The molecule has 1 N–H and O–H groups in total. The number of hydrogen-bond donors (Lipinski definition) is 1. The van der Waals surface area contributed by atoms with Gasteiger partial charge in [0.1, 0.15) is 5.82 Å². The molecule has 2 rings (SSSR count). The second kappa shape index (κ2) is 7.01. The standard InChI is InChI=1S/C16H19FN2O/c1-3-20-16-10-13(8-9-18-16)11-19-12(2)14-4-6-15(17)7-5-14/h4-10,12,19H,3,11H2,1-2H3/t12-/m1/s1. The summed E-state index contributed by atoms with van der Waals surface area (Å²) in [6.07, 6.45) is 1.74. The monoisotopic (exact) mass is 274 g/mol. The molecule has 0 unspecified atom stereocenters. The van der Waals surface area contributed by atoms with Crippen LogP contribution in [0, 0.1) is 5.82 Å². The van der Waals surface area contributed by atoms with Crippen LogP contribution in [0.15, 0.2) is 42.6 Å². The maximum absolute atomic E-state index is 12.9. The van der Waals surface area contributed by atoms with Crippen LogP contribution in [0.4, 0.5) is 4.39 Å². The Labute approximate surface area is 118 Å². The summed E-state index contributed by atoms with van der Waals surface area (Å²) in [5.74, 6) is 0.428. The molecule has 3 nitrogen and oxygen atoms in total. The molecule has 1 aromatic carbocycles. The SMILES string of the molecule is CCOc1cc(CN[C@H](C)c2ccc(F)cc2)ccn1. The van der Waals surface area contributed by atoms with Gasteiger partial charge in [-0.2, -0.15) is 0 Å². The smallest absolute Gasteiger partial charge is 0.213 e. The molecule has 0 spiro atoms.